The summed E-state index contributed by atoms with van der Waals surface area (Å²) < 4.78 is 5.20. The Morgan fingerprint density at radius 2 is 1.60 bits per heavy atom. The largest absolute Gasteiger partial charge is 0.497 e. The quantitative estimate of drug-likeness (QED) is 0.597. The molecule has 2 aliphatic heterocycles. The molecule has 0 bridgehead atoms. The van der Waals surface area contributed by atoms with Crippen LogP contribution in [0.15, 0.2) is 42.7 Å². The first-order chi connectivity index (χ1) is 17.0. The van der Waals surface area contributed by atoms with Gasteiger partial charge >= 0.3 is 0 Å². The number of carbonyl (C=O) groups excluding carboxylic acids is 2. The number of benzene rings is 1. The van der Waals surface area contributed by atoms with Crippen molar-refractivity contribution in [3.8, 4) is 5.75 Å². The second-order valence-electron chi connectivity index (χ2n) is 9.16. The van der Waals surface area contributed by atoms with Crippen LogP contribution in [-0.2, 0) is 16.0 Å². The number of hydrogen-bond donors (Lipinski definition) is 0. The lowest BCUT2D eigenvalue weighted by Gasteiger charge is -2.38. The lowest BCUT2D eigenvalue weighted by molar-refractivity contribution is -0.136. The van der Waals surface area contributed by atoms with Gasteiger partial charge in [0, 0.05) is 71.2 Å². The van der Waals surface area contributed by atoms with Crippen molar-refractivity contribution in [1.82, 2.24) is 24.7 Å². The average Bonchev–Trinajstić information content (AvgIpc) is 3.18. The SMILES string of the molecule is COc1ccc(CCC(=O)N2CCCN(C(C)C(=O)N3CCN(c4ncccn4)CC3)CC2)cc1. The topological polar surface area (TPSA) is 82.1 Å². The minimum atomic E-state index is -0.191. The molecular weight excluding hydrogens is 444 g/mol. The van der Waals surface area contributed by atoms with E-state index in [0.717, 1.165) is 62.8 Å². The predicted molar refractivity (Wildman–Crippen MR) is 134 cm³/mol. The first-order valence-electron chi connectivity index (χ1n) is 12.5. The van der Waals surface area contributed by atoms with Crippen LogP contribution in [0.2, 0.25) is 0 Å². The molecule has 1 aromatic heterocycles. The van der Waals surface area contributed by atoms with Gasteiger partial charge in [-0.2, -0.15) is 0 Å². The van der Waals surface area contributed by atoms with E-state index in [-0.39, 0.29) is 17.9 Å². The van der Waals surface area contributed by atoms with Crippen LogP contribution in [0.3, 0.4) is 0 Å². The molecule has 1 atom stereocenters. The standard InChI is InChI=1S/C26H36N6O3/c1-21(25(34)31-17-19-32(20-18-31)26-27-11-3-12-28-26)29-13-4-14-30(16-15-29)24(33)10-7-22-5-8-23(35-2)9-6-22/h3,5-6,8-9,11-12,21H,4,7,10,13-20H2,1-2H3. The number of ether oxygens (including phenoxy) is 1. The number of methoxy groups -OCH3 is 1. The van der Waals surface area contributed by atoms with Gasteiger partial charge in [0.05, 0.1) is 13.2 Å². The van der Waals surface area contributed by atoms with Gasteiger partial charge < -0.3 is 19.4 Å². The third-order valence-corrected chi connectivity index (χ3v) is 7.00. The maximum Gasteiger partial charge on any atom is 0.239 e. The van der Waals surface area contributed by atoms with Crippen LogP contribution in [0.5, 0.6) is 5.75 Å². The molecule has 2 saturated heterocycles. The molecule has 2 fully saturated rings. The van der Waals surface area contributed by atoms with Crippen LogP contribution < -0.4 is 9.64 Å². The summed E-state index contributed by atoms with van der Waals surface area (Å²) in [4.78, 5) is 43.0. The van der Waals surface area contributed by atoms with Crippen LogP contribution in [0.4, 0.5) is 5.95 Å². The fraction of sp³-hybridized carbons (Fsp3) is 0.538. The van der Waals surface area contributed by atoms with E-state index in [2.05, 4.69) is 19.8 Å². The van der Waals surface area contributed by atoms with Gasteiger partial charge in [-0.05, 0) is 43.5 Å². The van der Waals surface area contributed by atoms with Crippen molar-refractivity contribution in [3.63, 3.8) is 0 Å². The Balaban J connectivity index is 1.23. The molecule has 9 heteroatoms. The van der Waals surface area contributed by atoms with Gasteiger partial charge in [0.15, 0.2) is 0 Å². The van der Waals surface area contributed by atoms with Crippen LogP contribution in [0.25, 0.3) is 0 Å². The lowest BCUT2D eigenvalue weighted by atomic mass is 10.1. The Morgan fingerprint density at radius 3 is 2.29 bits per heavy atom. The fourth-order valence-corrected chi connectivity index (χ4v) is 4.78. The lowest BCUT2D eigenvalue weighted by Crippen LogP contribution is -2.55. The molecule has 1 unspecified atom stereocenters. The second kappa shape index (κ2) is 12.0. The fourth-order valence-electron chi connectivity index (χ4n) is 4.78. The minimum absolute atomic E-state index is 0.165. The van der Waals surface area contributed by atoms with E-state index in [1.54, 1.807) is 19.5 Å². The highest BCUT2D eigenvalue weighted by molar-refractivity contribution is 5.82. The predicted octanol–water partition coefficient (Wildman–Crippen LogP) is 1.69. The van der Waals surface area contributed by atoms with Gasteiger partial charge in [-0.3, -0.25) is 14.5 Å². The Labute approximate surface area is 207 Å². The molecule has 0 aliphatic carbocycles. The Morgan fingerprint density at radius 1 is 0.914 bits per heavy atom. The highest BCUT2D eigenvalue weighted by atomic mass is 16.5. The van der Waals surface area contributed by atoms with E-state index < -0.39 is 0 Å². The number of hydrogen-bond acceptors (Lipinski definition) is 7. The van der Waals surface area contributed by atoms with Crippen molar-refractivity contribution >= 4 is 17.8 Å². The zero-order chi connectivity index (χ0) is 24.6. The Kier molecular flexibility index (Phi) is 8.52. The third kappa shape index (κ3) is 6.48. The molecule has 188 valence electrons. The first-order valence-corrected chi connectivity index (χ1v) is 12.5. The molecule has 1 aromatic carbocycles. The maximum atomic E-state index is 13.2. The Hall–Kier alpha value is -3.20. The number of aryl methyl sites for hydroxylation is 1. The number of amides is 2. The summed E-state index contributed by atoms with van der Waals surface area (Å²) in [6.07, 6.45) is 5.59. The van der Waals surface area contributed by atoms with Gasteiger partial charge in [-0.1, -0.05) is 12.1 Å². The molecule has 0 saturated carbocycles. The second-order valence-corrected chi connectivity index (χ2v) is 9.16. The number of carbonyl (C=O) groups is 2. The molecular formula is C26H36N6O3. The Bertz CT molecular complexity index is 963. The van der Waals surface area contributed by atoms with Gasteiger partial charge in [0.25, 0.3) is 0 Å². The van der Waals surface area contributed by atoms with E-state index >= 15 is 0 Å². The molecule has 0 spiro atoms. The van der Waals surface area contributed by atoms with Crippen molar-refractivity contribution in [1.29, 1.82) is 0 Å². The van der Waals surface area contributed by atoms with Crippen LogP contribution in [0, 0.1) is 0 Å². The third-order valence-electron chi connectivity index (χ3n) is 7.00. The average molecular weight is 481 g/mol. The summed E-state index contributed by atoms with van der Waals surface area (Å²) in [5.41, 5.74) is 1.13. The van der Waals surface area contributed by atoms with E-state index in [0.29, 0.717) is 26.1 Å². The molecule has 9 nitrogen and oxygen atoms in total. The first kappa shape index (κ1) is 24.9. The molecule has 4 rings (SSSR count). The van der Waals surface area contributed by atoms with Crippen molar-refractivity contribution in [2.45, 2.75) is 32.2 Å². The normalized spacial score (nSPS) is 18.2. The monoisotopic (exact) mass is 480 g/mol. The molecule has 0 N–H and O–H groups in total. The van der Waals surface area contributed by atoms with Crippen molar-refractivity contribution in [3.05, 3.63) is 48.3 Å². The number of aromatic nitrogens is 2. The molecule has 2 aliphatic rings. The summed E-state index contributed by atoms with van der Waals surface area (Å²) >= 11 is 0. The van der Waals surface area contributed by atoms with E-state index in [4.69, 9.17) is 4.74 Å². The molecule has 2 amide bonds. The van der Waals surface area contributed by atoms with E-state index in [1.165, 1.54) is 0 Å². The number of rotatable bonds is 7. The van der Waals surface area contributed by atoms with Gasteiger partial charge in [0.2, 0.25) is 17.8 Å². The van der Waals surface area contributed by atoms with E-state index in [9.17, 15) is 9.59 Å². The highest BCUT2D eigenvalue weighted by Gasteiger charge is 2.30. The molecule has 35 heavy (non-hydrogen) atoms. The zero-order valence-electron chi connectivity index (χ0n) is 20.8. The molecule has 0 radical (unpaired) electrons. The summed E-state index contributed by atoms with van der Waals surface area (Å²) in [6.45, 7) is 7.77. The summed E-state index contributed by atoms with van der Waals surface area (Å²) in [6, 6.07) is 9.49. The number of nitrogens with zero attached hydrogens (tertiary/aromatic N) is 6. The van der Waals surface area contributed by atoms with Crippen LogP contribution >= 0.6 is 0 Å². The van der Waals surface area contributed by atoms with Crippen molar-refractivity contribution < 1.29 is 14.3 Å². The summed E-state index contributed by atoms with van der Waals surface area (Å²) in [5, 5.41) is 0. The summed E-state index contributed by atoms with van der Waals surface area (Å²) in [5.74, 6) is 1.89. The van der Waals surface area contributed by atoms with Crippen LogP contribution in [-0.4, -0.2) is 102 Å². The zero-order valence-corrected chi connectivity index (χ0v) is 20.8. The number of piperazine rings is 1. The molecule has 2 aromatic rings. The van der Waals surface area contributed by atoms with E-state index in [1.807, 2.05) is 47.1 Å². The molecule has 3 heterocycles. The van der Waals surface area contributed by atoms with Gasteiger partial charge in [-0.15, -0.1) is 0 Å². The number of anilines is 1. The van der Waals surface area contributed by atoms with Crippen molar-refractivity contribution in [2.24, 2.45) is 0 Å². The maximum absolute atomic E-state index is 13.2. The smallest absolute Gasteiger partial charge is 0.239 e. The minimum Gasteiger partial charge on any atom is -0.497 e. The highest BCUT2D eigenvalue weighted by Crippen LogP contribution is 2.16. The van der Waals surface area contributed by atoms with Crippen molar-refractivity contribution in [2.75, 3.05) is 64.4 Å². The van der Waals surface area contributed by atoms with Gasteiger partial charge in [0.1, 0.15) is 5.75 Å². The van der Waals surface area contributed by atoms with Gasteiger partial charge in [-0.25, -0.2) is 9.97 Å². The summed E-state index contributed by atoms with van der Waals surface area (Å²) in [7, 11) is 1.65. The van der Waals surface area contributed by atoms with Crippen LogP contribution in [0.1, 0.15) is 25.3 Å².